The molecule has 1 N–H and O–H groups in total. The maximum absolute atomic E-state index is 12.7. The van der Waals surface area contributed by atoms with Crippen LogP contribution in [-0.2, 0) is 19.6 Å². The molecule has 1 fully saturated rings. The van der Waals surface area contributed by atoms with E-state index in [1.807, 2.05) is 32.0 Å². The third kappa shape index (κ3) is 4.91. The second-order valence-electron chi connectivity index (χ2n) is 6.92. The van der Waals surface area contributed by atoms with Gasteiger partial charge >= 0.3 is 0 Å². The molecule has 0 bridgehead atoms. The second kappa shape index (κ2) is 9.01. The number of hydrogen-bond donors (Lipinski definition) is 1. The molecule has 0 radical (unpaired) electrons. The number of amidine groups is 1. The van der Waals surface area contributed by atoms with Crippen molar-refractivity contribution < 1.29 is 18.0 Å². The summed E-state index contributed by atoms with van der Waals surface area (Å²) in [6.07, 6.45) is -0.0715. The summed E-state index contributed by atoms with van der Waals surface area (Å²) >= 11 is 1.01. The Kier molecular flexibility index (Phi) is 6.62. The van der Waals surface area contributed by atoms with Crippen molar-refractivity contribution in [3.05, 3.63) is 59.7 Å². The molecule has 158 valence electrons. The van der Waals surface area contributed by atoms with Crippen LogP contribution in [0.15, 0.2) is 57.8 Å². The predicted octanol–water partition coefficient (Wildman–Crippen LogP) is 3.34. The molecule has 0 aliphatic carbocycles. The highest BCUT2D eigenvalue weighted by atomic mass is 32.2. The lowest BCUT2D eigenvalue weighted by atomic mass is 10.2. The molecule has 1 heterocycles. The molecule has 9 heteroatoms. The summed E-state index contributed by atoms with van der Waals surface area (Å²) in [7, 11) is -3.96. The highest BCUT2D eigenvalue weighted by molar-refractivity contribution is 8.16. The van der Waals surface area contributed by atoms with Crippen molar-refractivity contribution in [3.8, 4) is 0 Å². The molecule has 2 amide bonds. The first kappa shape index (κ1) is 22.0. The molecule has 0 saturated carbocycles. The van der Waals surface area contributed by atoms with Gasteiger partial charge in [-0.1, -0.05) is 47.7 Å². The Hall–Kier alpha value is -2.65. The van der Waals surface area contributed by atoms with Gasteiger partial charge in [-0.2, -0.15) is 8.42 Å². The van der Waals surface area contributed by atoms with E-state index in [4.69, 9.17) is 0 Å². The highest BCUT2D eigenvalue weighted by Crippen LogP contribution is 2.31. The Labute approximate surface area is 180 Å². The highest BCUT2D eigenvalue weighted by Gasteiger charge is 2.39. The number of carbonyl (C=O) groups excluding carboxylic acids is 2. The summed E-state index contributed by atoms with van der Waals surface area (Å²) in [4.78, 5) is 26.5. The van der Waals surface area contributed by atoms with E-state index in [0.29, 0.717) is 5.69 Å². The zero-order chi connectivity index (χ0) is 21.9. The van der Waals surface area contributed by atoms with Gasteiger partial charge in [0.2, 0.25) is 11.8 Å². The minimum absolute atomic E-state index is 0.0606. The van der Waals surface area contributed by atoms with Crippen molar-refractivity contribution in [2.24, 2.45) is 4.40 Å². The number of aryl methyl sites for hydroxylation is 2. The zero-order valence-corrected chi connectivity index (χ0v) is 18.6. The van der Waals surface area contributed by atoms with E-state index in [1.165, 1.54) is 17.0 Å². The number of nitrogens with one attached hydrogen (secondary N) is 1. The molecule has 0 spiro atoms. The number of benzene rings is 2. The molecule has 0 unspecified atom stereocenters. The number of hydrogen-bond acceptors (Lipinski definition) is 5. The fourth-order valence-corrected chi connectivity index (χ4v) is 5.37. The van der Waals surface area contributed by atoms with Gasteiger partial charge in [-0.05, 0) is 44.5 Å². The van der Waals surface area contributed by atoms with Crippen LogP contribution in [0.4, 0.5) is 5.69 Å². The fraction of sp³-hybridized carbons (Fsp3) is 0.286. The van der Waals surface area contributed by atoms with Crippen molar-refractivity contribution >= 4 is 44.5 Å². The molecular formula is C21H23N3O4S2. The number of anilines is 1. The third-order valence-electron chi connectivity index (χ3n) is 4.64. The lowest BCUT2D eigenvalue weighted by molar-refractivity contribution is -0.128. The average molecular weight is 446 g/mol. The first-order valence-electron chi connectivity index (χ1n) is 9.46. The maximum Gasteiger partial charge on any atom is 0.284 e. The van der Waals surface area contributed by atoms with Crippen LogP contribution in [0.2, 0.25) is 0 Å². The lowest BCUT2D eigenvalue weighted by Crippen LogP contribution is -2.33. The van der Waals surface area contributed by atoms with Gasteiger partial charge in [0.25, 0.3) is 10.0 Å². The van der Waals surface area contributed by atoms with Crippen LogP contribution in [0, 0.1) is 13.8 Å². The standard InChI is InChI=1S/C21H23N3O4S2/c1-4-24-20(26)18(13-19(25)22-17-8-6-5-7-15(17)3)29-21(24)23-30(27,28)16-11-9-14(2)10-12-16/h5-12,18H,4,13H2,1-3H3,(H,22,25)/t18-/m1/s1. The first-order chi connectivity index (χ1) is 14.2. The summed E-state index contributed by atoms with van der Waals surface area (Å²) in [5, 5.41) is 2.18. The van der Waals surface area contributed by atoms with Crippen molar-refractivity contribution in [2.75, 3.05) is 11.9 Å². The number of para-hydroxylation sites is 1. The summed E-state index contributed by atoms with van der Waals surface area (Å²) in [5.41, 5.74) is 2.53. The Balaban J connectivity index is 1.77. The zero-order valence-electron chi connectivity index (χ0n) is 17.0. The monoisotopic (exact) mass is 445 g/mol. The molecule has 0 aromatic heterocycles. The maximum atomic E-state index is 12.7. The second-order valence-corrected chi connectivity index (χ2v) is 9.69. The Morgan fingerprint density at radius 2 is 1.80 bits per heavy atom. The van der Waals surface area contributed by atoms with Gasteiger partial charge in [0.15, 0.2) is 5.17 Å². The minimum Gasteiger partial charge on any atom is -0.326 e. The summed E-state index contributed by atoms with van der Waals surface area (Å²) in [6, 6.07) is 13.7. The lowest BCUT2D eigenvalue weighted by Gasteiger charge is -2.13. The van der Waals surface area contributed by atoms with E-state index in [-0.39, 0.29) is 34.8 Å². The Morgan fingerprint density at radius 1 is 1.13 bits per heavy atom. The van der Waals surface area contributed by atoms with Crippen molar-refractivity contribution in [1.82, 2.24) is 4.90 Å². The predicted molar refractivity (Wildman–Crippen MR) is 119 cm³/mol. The van der Waals surface area contributed by atoms with Crippen molar-refractivity contribution in [3.63, 3.8) is 0 Å². The van der Waals surface area contributed by atoms with Crippen molar-refractivity contribution in [2.45, 2.75) is 37.3 Å². The van der Waals surface area contributed by atoms with E-state index in [0.717, 1.165) is 22.9 Å². The number of amides is 2. The summed E-state index contributed by atoms with van der Waals surface area (Å²) in [5.74, 6) is -0.630. The third-order valence-corrected chi connectivity index (χ3v) is 7.22. The SMILES string of the molecule is CCN1C(=O)[C@@H](CC(=O)Nc2ccccc2C)SC1=NS(=O)(=O)c1ccc(C)cc1. The number of thioether (sulfide) groups is 1. The van der Waals surface area contributed by atoms with Gasteiger partial charge in [0.1, 0.15) is 5.25 Å². The number of nitrogens with zero attached hydrogens (tertiary/aromatic N) is 2. The van der Waals surface area contributed by atoms with Gasteiger partial charge in [-0.15, -0.1) is 4.40 Å². The topological polar surface area (TPSA) is 95.9 Å². The van der Waals surface area contributed by atoms with E-state index in [9.17, 15) is 18.0 Å². The van der Waals surface area contributed by atoms with E-state index < -0.39 is 15.3 Å². The molecular weight excluding hydrogens is 422 g/mol. The number of carbonyl (C=O) groups is 2. The molecule has 30 heavy (non-hydrogen) atoms. The average Bonchev–Trinajstić information content (AvgIpc) is 2.97. The first-order valence-corrected chi connectivity index (χ1v) is 11.8. The normalized spacial score (nSPS) is 18.1. The van der Waals surface area contributed by atoms with Gasteiger partial charge in [-0.25, -0.2) is 0 Å². The summed E-state index contributed by atoms with van der Waals surface area (Å²) in [6.45, 7) is 5.75. The van der Waals surface area contributed by atoms with Gasteiger partial charge in [-0.3, -0.25) is 14.5 Å². The van der Waals surface area contributed by atoms with Crippen LogP contribution in [0.1, 0.15) is 24.5 Å². The van der Waals surface area contributed by atoms with Crippen LogP contribution in [-0.4, -0.2) is 42.1 Å². The largest absolute Gasteiger partial charge is 0.326 e. The molecule has 2 aromatic rings. The molecule has 1 saturated heterocycles. The molecule has 7 nitrogen and oxygen atoms in total. The van der Waals surface area contributed by atoms with Crippen molar-refractivity contribution in [1.29, 1.82) is 0 Å². The smallest absolute Gasteiger partial charge is 0.284 e. The number of rotatable bonds is 6. The Bertz CT molecular complexity index is 1100. The van der Waals surface area contributed by atoms with E-state index in [1.54, 1.807) is 25.1 Å². The Morgan fingerprint density at radius 3 is 2.43 bits per heavy atom. The van der Waals surface area contributed by atoms with E-state index >= 15 is 0 Å². The van der Waals surface area contributed by atoms with Crippen LogP contribution in [0.5, 0.6) is 0 Å². The van der Waals surface area contributed by atoms with Crippen LogP contribution in [0.3, 0.4) is 0 Å². The van der Waals surface area contributed by atoms with Gasteiger partial charge in [0.05, 0.1) is 4.90 Å². The molecule has 1 aliphatic heterocycles. The van der Waals surface area contributed by atoms with E-state index in [2.05, 4.69) is 9.71 Å². The molecule has 2 aromatic carbocycles. The van der Waals surface area contributed by atoms with Crippen LogP contribution < -0.4 is 5.32 Å². The minimum atomic E-state index is -3.96. The van der Waals surface area contributed by atoms with Crippen LogP contribution in [0.25, 0.3) is 0 Å². The molecule has 1 aliphatic rings. The molecule has 3 rings (SSSR count). The number of sulfonamides is 1. The summed E-state index contributed by atoms with van der Waals surface area (Å²) < 4.78 is 29.2. The van der Waals surface area contributed by atoms with Gasteiger partial charge in [0, 0.05) is 18.7 Å². The molecule has 1 atom stereocenters. The van der Waals surface area contributed by atoms with Crippen LogP contribution >= 0.6 is 11.8 Å². The quantitative estimate of drug-likeness (QED) is 0.736. The van der Waals surface area contributed by atoms with Gasteiger partial charge < -0.3 is 5.32 Å². The fourth-order valence-electron chi connectivity index (χ4n) is 2.95.